The SMILES string of the molecule is CCCCNCC(O)(O)NCCCC. The molecule has 0 aliphatic rings. The van der Waals surface area contributed by atoms with Crippen molar-refractivity contribution in [3.05, 3.63) is 0 Å². The average Bonchev–Trinajstić information content (AvgIpc) is 2.13. The summed E-state index contributed by atoms with van der Waals surface area (Å²) in [5, 5.41) is 24.5. The van der Waals surface area contributed by atoms with Gasteiger partial charge >= 0.3 is 0 Å². The molecular formula is C10H24N2O2. The highest BCUT2D eigenvalue weighted by Gasteiger charge is 2.20. The van der Waals surface area contributed by atoms with Crippen LogP contribution in [0.5, 0.6) is 0 Å². The number of aliphatic hydroxyl groups is 2. The Bertz CT molecular complexity index is 129. The Kier molecular flexibility index (Phi) is 8.08. The van der Waals surface area contributed by atoms with Gasteiger partial charge in [-0.15, -0.1) is 0 Å². The summed E-state index contributed by atoms with van der Waals surface area (Å²) in [6, 6.07) is 0. The van der Waals surface area contributed by atoms with Gasteiger partial charge in [0.15, 0.2) is 0 Å². The van der Waals surface area contributed by atoms with E-state index in [1.807, 2.05) is 0 Å². The fourth-order valence-corrected chi connectivity index (χ4v) is 1.09. The Morgan fingerprint density at radius 1 is 1.00 bits per heavy atom. The van der Waals surface area contributed by atoms with Crippen molar-refractivity contribution in [2.75, 3.05) is 19.6 Å². The highest BCUT2D eigenvalue weighted by Crippen LogP contribution is 1.93. The van der Waals surface area contributed by atoms with Gasteiger partial charge in [0.25, 0.3) is 0 Å². The number of nitrogens with one attached hydrogen (secondary N) is 2. The molecule has 0 saturated carbocycles. The summed E-state index contributed by atoms with van der Waals surface area (Å²) >= 11 is 0. The van der Waals surface area contributed by atoms with Crippen LogP contribution in [0, 0.1) is 0 Å². The number of unbranched alkanes of at least 4 members (excludes halogenated alkanes) is 2. The molecule has 0 radical (unpaired) electrons. The second kappa shape index (κ2) is 8.17. The normalized spacial score (nSPS) is 12.0. The number of hydrogen-bond donors (Lipinski definition) is 4. The van der Waals surface area contributed by atoms with Crippen molar-refractivity contribution in [3.63, 3.8) is 0 Å². The van der Waals surface area contributed by atoms with Gasteiger partial charge in [0, 0.05) is 6.54 Å². The first-order valence-electron chi connectivity index (χ1n) is 5.53. The third kappa shape index (κ3) is 8.44. The Morgan fingerprint density at radius 2 is 1.57 bits per heavy atom. The summed E-state index contributed by atoms with van der Waals surface area (Å²) in [5.74, 6) is -1.76. The summed E-state index contributed by atoms with van der Waals surface area (Å²) in [6.45, 7) is 5.81. The first-order valence-corrected chi connectivity index (χ1v) is 5.53. The Hall–Kier alpha value is -0.160. The van der Waals surface area contributed by atoms with E-state index >= 15 is 0 Å². The molecule has 0 amide bonds. The maximum Gasteiger partial charge on any atom is 0.235 e. The maximum atomic E-state index is 9.42. The number of hydrogen-bond acceptors (Lipinski definition) is 4. The van der Waals surface area contributed by atoms with E-state index in [9.17, 15) is 10.2 Å². The molecule has 0 bridgehead atoms. The summed E-state index contributed by atoms with van der Waals surface area (Å²) in [4.78, 5) is 0. The van der Waals surface area contributed by atoms with Gasteiger partial charge in [-0.1, -0.05) is 26.7 Å². The second-order valence-corrected chi connectivity index (χ2v) is 3.63. The van der Waals surface area contributed by atoms with E-state index in [-0.39, 0.29) is 6.54 Å². The van der Waals surface area contributed by atoms with E-state index in [4.69, 9.17) is 0 Å². The third-order valence-electron chi connectivity index (χ3n) is 2.02. The van der Waals surface area contributed by atoms with E-state index in [1.165, 1.54) is 0 Å². The molecule has 0 aliphatic heterocycles. The maximum absolute atomic E-state index is 9.42. The van der Waals surface area contributed by atoms with Crippen molar-refractivity contribution < 1.29 is 10.2 Å². The van der Waals surface area contributed by atoms with Gasteiger partial charge in [-0.3, -0.25) is 5.32 Å². The Morgan fingerprint density at radius 3 is 2.14 bits per heavy atom. The predicted molar refractivity (Wildman–Crippen MR) is 57.9 cm³/mol. The molecule has 0 spiro atoms. The van der Waals surface area contributed by atoms with Gasteiger partial charge in [-0.25, -0.2) is 0 Å². The molecule has 0 aromatic heterocycles. The van der Waals surface area contributed by atoms with E-state index in [0.717, 1.165) is 32.2 Å². The van der Waals surface area contributed by atoms with Gasteiger partial charge < -0.3 is 15.5 Å². The molecule has 0 unspecified atom stereocenters. The van der Waals surface area contributed by atoms with E-state index in [1.54, 1.807) is 0 Å². The molecule has 4 heteroatoms. The van der Waals surface area contributed by atoms with Crippen molar-refractivity contribution in [1.29, 1.82) is 0 Å². The van der Waals surface area contributed by atoms with Crippen LogP contribution < -0.4 is 10.6 Å². The summed E-state index contributed by atoms with van der Waals surface area (Å²) in [5.41, 5.74) is 0. The lowest BCUT2D eigenvalue weighted by Gasteiger charge is -2.23. The lowest BCUT2D eigenvalue weighted by molar-refractivity contribution is -0.180. The van der Waals surface area contributed by atoms with Crippen LogP contribution in [0.3, 0.4) is 0 Å². The molecule has 0 aromatic carbocycles. The van der Waals surface area contributed by atoms with Crippen molar-refractivity contribution in [2.24, 2.45) is 0 Å². The van der Waals surface area contributed by atoms with E-state index < -0.39 is 5.91 Å². The second-order valence-electron chi connectivity index (χ2n) is 3.63. The van der Waals surface area contributed by atoms with E-state index in [2.05, 4.69) is 24.5 Å². The lowest BCUT2D eigenvalue weighted by atomic mass is 10.3. The van der Waals surface area contributed by atoms with Gasteiger partial charge in [-0.2, -0.15) is 0 Å². The summed E-state index contributed by atoms with van der Waals surface area (Å²) in [7, 11) is 0. The average molecular weight is 204 g/mol. The van der Waals surface area contributed by atoms with Gasteiger partial charge in [0.2, 0.25) is 5.91 Å². The largest absolute Gasteiger partial charge is 0.352 e. The lowest BCUT2D eigenvalue weighted by Crippen LogP contribution is -2.52. The van der Waals surface area contributed by atoms with Crippen molar-refractivity contribution >= 4 is 0 Å². The third-order valence-corrected chi connectivity index (χ3v) is 2.02. The van der Waals surface area contributed by atoms with Gasteiger partial charge in [-0.05, 0) is 19.4 Å². The quantitative estimate of drug-likeness (QED) is 0.324. The van der Waals surface area contributed by atoms with Crippen LogP contribution >= 0.6 is 0 Å². The van der Waals surface area contributed by atoms with Crippen LogP contribution in [-0.4, -0.2) is 35.8 Å². The van der Waals surface area contributed by atoms with Gasteiger partial charge in [0.05, 0.1) is 6.54 Å². The molecule has 4 nitrogen and oxygen atoms in total. The monoisotopic (exact) mass is 204 g/mol. The zero-order valence-electron chi connectivity index (χ0n) is 9.34. The summed E-state index contributed by atoms with van der Waals surface area (Å²) < 4.78 is 0. The Labute approximate surface area is 86.7 Å². The highest BCUT2D eigenvalue weighted by atomic mass is 16.5. The van der Waals surface area contributed by atoms with E-state index in [0.29, 0.717) is 6.54 Å². The molecule has 0 aliphatic carbocycles. The standard InChI is InChI=1S/C10H24N2O2/c1-3-5-7-11-9-10(13,14)12-8-6-4-2/h11-14H,3-9H2,1-2H3. The topological polar surface area (TPSA) is 64.5 Å². The van der Waals surface area contributed by atoms with Crippen LogP contribution in [0.1, 0.15) is 39.5 Å². The number of rotatable bonds is 9. The minimum absolute atomic E-state index is 0.177. The van der Waals surface area contributed by atoms with Crippen molar-refractivity contribution in [1.82, 2.24) is 10.6 Å². The minimum atomic E-state index is -1.76. The molecule has 86 valence electrons. The molecular weight excluding hydrogens is 180 g/mol. The summed E-state index contributed by atoms with van der Waals surface area (Å²) in [6.07, 6.45) is 4.18. The first kappa shape index (κ1) is 13.8. The van der Waals surface area contributed by atoms with Crippen molar-refractivity contribution in [3.8, 4) is 0 Å². The highest BCUT2D eigenvalue weighted by molar-refractivity contribution is 4.65. The molecule has 0 rings (SSSR count). The molecule has 0 heterocycles. The molecule has 0 atom stereocenters. The smallest absolute Gasteiger partial charge is 0.235 e. The van der Waals surface area contributed by atoms with Crippen LogP contribution in [0.15, 0.2) is 0 Å². The van der Waals surface area contributed by atoms with Crippen molar-refractivity contribution in [2.45, 2.75) is 45.4 Å². The molecule has 4 N–H and O–H groups in total. The minimum Gasteiger partial charge on any atom is -0.352 e. The zero-order valence-corrected chi connectivity index (χ0v) is 9.34. The van der Waals surface area contributed by atoms with Crippen LogP contribution in [0.25, 0.3) is 0 Å². The molecule has 14 heavy (non-hydrogen) atoms. The zero-order chi connectivity index (χ0) is 10.9. The van der Waals surface area contributed by atoms with Gasteiger partial charge in [0.1, 0.15) is 0 Å². The van der Waals surface area contributed by atoms with Crippen LogP contribution in [0.2, 0.25) is 0 Å². The fraction of sp³-hybridized carbons (Fsp3) is 1.00. The Balaban J connectivity index is 3.40. The first-order chi connectivity index (χ1) is 6.62. The molecule has 0 fully saturated rings. The molecule has 0 aromatic rings. The van der Waals surface area contributed by atoms with Crippen LogP contribution in [0.4, 0.5) is 0 Å². The van der Waals surface area contributed by atoms with Crippen LogP contribution in [-0.2, 0) is 0 Å². The predicted octanol–water partition coefficient (Wildman–Crippen LogP) is 0.404. The fourth-order valence-electron chi connectivity index (χ4n) is 1.09. The molecule has 0 saturated heterocycles.